The standard InChI is InChI=1S/C16H22O2/c1-3-4-5-6-9-14-10-7-8-11-15(14)16(18)12-13(2)17/h7-8,10-11H,3-6,9,12H2,1-2H3. The van der Waals surface area contributed by atoms with Gasteiger partial charge in [-0.05, 0) is 25.3 Å². The molecule has 0 N–H and O–H groups in total. The van der Waals surface area contributed by atoms with Crippen LogP contribution < -0.4 is 0 Å². The fourth-order valence-corrected chi connectivity index (χ4v) is 2.07. The van der Waals surface area contributed by atoms with Gasteiger partial charge in [0.2, 0.25) is 0 Å². The molecule has 0 saturated carbocycles. The summed E-state index contributed by atoms with van der Waals surface area (Å²) < 4.78 is 0. The molecule has 0 spiro atoms. The third-order valence-electron chi connectivity index (χ3n) is 3.03. The number of benzene rings is 1. The quantitative estimate of drug-likeness (QED) is 0.395. The van der Waals surface area contributed by atoms with Gasteiger partial charge in [0.05, 0.1) is 6.42 Å². The van der Waals surface area contributed by atoms with Gasteiger partial charge in [-0.15, -0.1) is 0 Å². The van der Waals surface area contributed by atoms with Crippen LogP contribution in [0.3, 0.4) is 0 Å². The first-order chi connectivity index (χ1) is 8.65. The number of carbonyl (C=O) groups is 2. The van der Waals surface area contributed by atoms with E-state index < -0.39 is 0 Å². The number of carbonyl (C=O) groups excluding carboxylic acids is 2. The van der Waals surface area contributed by atoms with Crippen molar-refractivity contribution in [1.29, 1.82) is 0 Å². The summed E-state index contributed by atoms with van der Waals surface area (Å²) >= 11 is 0. The van der Waals surface area contributed by atoms with E-state index in [1.165, 1.54) is 26.2 Å². The monoisotopic (exact) mass is 246 g/mol. The predicted octanol–water partition coefficient (Wildman–Crippen LogP) is 3.97. The van der Waals surface area contributed by atoms with Gasteiger partial charge in [0.25, 0.3) is 0 Å². The van der Waals surface area contributed by atoms with Gasteiger partial charge in [0, 0.05) is 5.56 Å². The maximum absolute atomic E-state index is 11.9. The van der Waals surface area contributed by atoms with Gasteiger partial charge in [-0.2, -0.15) is 0 Å². The summed E-state index contributed by atoms with van der Waals surface area (Å²) in [6.45, 7) is 3.64. The van der Waals surface area contributed by atoms with Gasteiger partial charge in [-0.3, -0.25) is 9.59 Å². The normalized spacial score (nSPS) is 10.3. The van der Waals surface area contributed by atoms with Crippen LogP contribution in [0.4, 0.5) is 0 Å². The lowest BCUT2D eigenvalue weighted by Crippen LogP contribution is -2.08. The highest BCUT2D eigenvalue weighted by Gasteiger charge is 2.12. The van der Waals surface area contributed by atoms with Gasteiger partial charge in [0.15, 0.2) is 5.78 Å². The second kappa shape index (κ2) is 7.80. The average Bonchev–Trinajstić information content (AvgIpc) is 2.34. The first-order valence-corrected chi connectivity index (χ1v) is 6.75. The van der Waals surface area contributed by atoms with Crippen molar-refractivity contribution in [2.75, 3.05) is 0 Å². The molecule has 0 aliphatic carbocycles. The highest BCUT2D eigenvalue weighted by atomic mass is 16.1. The molecule has 0 fully saturated rings. The Bertz CT molecular complexity index is 407. The van der Waals surface area contributed by atoms with Crippen LogP contribution in [0.5, 0.6) is 0 Å². The first-order valence-electron chi connectivity index (χ1n) is 6.75. The van der Waals surface area contributed by atoms with Gasteiger partial charge < -0.3 is 0 Å². The van der Waals surface area contributed by atoms with E-state index in [9.17, 15) is 9.59 Å². The molecule has 0 aromatic heterocycles. The molecule has 0 heterocycles. The number of Topliss-reactive ketones (excluding diaryl/α,β-unsaturated/α-hetero) is 2. The van der Waals surface area contributed by atoms with Gasteiger partial charge in [0.1, 0.15) is 5.78 Å². The minimum atomic E-state index is -0.0687. The molecule has 0 bridgehead atoms. The Labute approximate surface area is 109 Å². The minimum Gasteiger partial charge on any atom is -0.300 e. The van der Waals surface area contributed by atoms with E-state index in [0.717, 1.165) is 24.0 Å². The van der Waals surface area contributed by atoms with E-state index in [1.807, 2.05) is 24.3 Å². The zero-order valence-corrected chi connectivity index (χ0v) is 11.4. The van der Waals surface area contributed by atoms with Crippen LogP contribution in [-0.2, 0) is 11.2 Å². The van der Waals surface area contributed by atoms with Crippen LogP contribution in [0, 0.1) is 0 Å². The molecule has 0 atom stereocenters. The molecule has 0 unspecified atom stereocenters. The van der Waals surface area contributed by atoms with E-state index in [2.05, 4.69) is 6.92 Å². The third-order valence-corrected chi connectivity index (χ3v) is 3.03. The van der Waals surface area contributed by atoms with Crippen LogP contribution in [-0.4, -0.2) is 11.6 Å². The highest BCUT2D eigenvalue weighted by molar-refractivity contribution is 6.08. The molecular formula is C16H22O2. The van der Waals surface area contributed by atoms with Gasteiger partial charge >= 0.3 is 0 Å². The molecule has 0 radical (unpaired) electrons. The van der Waals surface area contributed by atoms with Crippen molar-refractivity contribution in [1.82, 2.24) is 0 Å². The Morgan fingerprint density at radius 3 is 2.44 bits per heavy atom. The van der Waals surface area contributed by atoms with Crippen LogP contribution in [0.1, 0.15) is 61.9 Å². The zero-order valence-electron chi connectivity index (χ0n) is 11.4. The molecule has 0 amide bonds. The number of rotatable bonds is 8. The van der Waals surface area contributed by atoms with Crippen molar-refractivity contribution < 1.29 is 9.59 Å². The molecule has 98 valence electrons. The summed E-state index contributed by atoms with van der Waals surface area (Å²) in [6.07, 6.45) is 5.71. The lowest BCUT2D eigenvalue weighted by atomic mass is 9.96. The summed E-state index contributed by atoms with van der Waals surface area (Å²) in [5, 5.41) is 0. The summed E-state index contributed by atoms with van der Waals surface area (Å²) in [6, 6.07) is 7.66. The molecule has 18 heavy (non-hydrogen) atoms. The molecular weight excluding hydrogens is 224 g/mol. The Morgan fingerprint density at radius 2 is 1.78 bits per heavy atom. The number of ketones is 2. The summed E-state index contributed by atoms with van der Waals surface area (Å²) in [7, 11) is 0. The Balaban J connectivity index is 2.67. The first kappa shape index (κ1) is 14.6. The Kier molecular flexibility index (Phi) is 6.34. The summed E-state index contributed by atoms with van der Waals surface area (Å²) in [5.41, 5.74) is 1.81. The Morgan fingerprint density at radius 1 is 1.06 bits per heavy atom. The average molecular weight is 246 g/mol. The van der Waals surface area contributed by atoms with Crippen LogP contribution >= 0.6 is 0 Å². The topological polar surface area (TPSA) is 34.1 Å². The van der Waals surface area contributed by atoms with E-state index in [1.54, 1.807) is 0 Å². The summed E-state index contributed by atoms with van der Waals surface area (Å²) in [4.78, 5) is 23.0. The van der Waals surface area contributed by atoms with Crippen molar-refractivity contribution in [2.24, 2.45) is 0 Å². The van der Waals surface area contributed by atoms with Crippen molar-refractivity contribution in [3.8, 4) is 0 Å². The SMILES string of the molecule is CCCCCCc1ccccc1C(=O)CC(C)=O. The molecule has 2 heteroatoms. The second-order valence-corrected chi connectivity index (χ2v) is 4.77. The predicted molar refractivity (Wildman–Crippen MR) is 73.9 cm³/mol. The molecule has 1 aromatic rings. The minimum absolute atomic E-state index is 0.0198. The van der Waals surface area contributed by atoms with Crippen LogP contribution in [0.2, 0.25) is 0 Å². The van der Waals surface area contributed by atoms with E-state index in [4.69, 9.17) is 0 Å². The fourth-order valence-electron chi connectivity index (χ4n) is 2.07. The van der Waals surface area contributed by atoms with Crippen molar-refractivity contribution in [3.05, 3.63) is 35.4 Å². The maximum Gasteiger partial charge on any atom is 0.170 e. The van der Waals surface area contributed by atoms with Gasteiger partial charge in [-0.25, -0.2) is 0 Å². The molecule has 0 aliphatic heterocycles. The molecule has 2 nitrogen and oxygen atoms in total. The van der Waals surface area contributed by atoms with Gasteiger partial charge in [-0.1, -0.05) is 50.5 Å². The van der Waals surface area contributed by atoms with Crippen molar-refractivity contribution in [3.63, 3.8) is 0 Å². The molecule has 1 rings (SSSR count). The lowest BCUT2D eigenvalue weighted by Gasteiger charge is -2.07. The lowest BCUT2D eigenvalue weighted by molar-refractivity contribution is -0.116. The molecule has 0 saturated heterocycles. The van der Waals surface area contributed by atoms with E-state index >= 15 is 0 Å². The van der Waals surface area contributed by atoms with Crippen molar-refractivity contribution >= 4 is 11.6 Å². The zero-order chi connectivity index (χ0) is 13.4. The number of aryl methyl sites for hydroxylation is 1. The molecule has 1 aromatic carbocycles. The number of hydrogen-bond donors (Lipinski definition) is 0. The fraction of sp³-hybridized carbons (Fsp3) is 0.500. The number of hydrogen-bond acceptors (Lipinski definition) is 2. The maximum atomic E-state index is 11.9. The van der Waals surface area contributed by atoms with E-state index in [0.29, 0.717) is 0 Å². The number of unbranched alkanes of at least 4 members (excludes halogenated alkanes) is 3. The Hall–Kier alpha value is -1.44. The molecule has 0 aliphatic rings. The van der Waals surface area contributed by atoms with Crippen molar-refractivity contribution in [2.45, 2.75) is 52.4 Å². The van der Waals surface area contributed by atoms with Crippen LogP contribution in [0.25, 0.3) is 0 Å². The van der Waals surface area contributed by atoms with E-state index in [-0.39, 0.29) is 18.0 Å². The second-order valence-electron chi connectivity index (χ2n) is 4.77. The third kappa shape index (κ3) is 4.82. The summed E-state index contributed by atoms with van der Waals surface area (Å²) in [5.74, 6) is -0.116. The van der Waals surface area contributed by atoms with Crippen LogP contribution in [0.15, 0.2) is 24.3 Å². The highest BCUT2D eigenvalue weighted by Crippen LogP contribution is 2.15. The smallest absolute Gasteiger partial charge is 0.170 e. The largest absolute Gasteiger partial charge is 0.300 e.